The van der Waals surface area contributed by atoms with Crippen molar-refractivity contribution in [3.8, 4) is 11.4 Å². The summed E-state index contributed by atoms with van der Waals surface area (Å²) in [4.78, 5) is 16.2. The van der Waals surface area contributed by atoms with Crippen LogP contribution in [0.2, 0.25) is 5.02 Å². The first kappa shape index (κ1) is 17.9. The van der Waals surface area contributed by atoms with Gasteiger partial charge in [-0.25, -0.2) is 13.8 Å². The SMILES string of the molecule is O=C(O)CC1(n2c(-c3ccc(Cl)cc3)nc3cc(F)c(F)cc32)CCCC1. The van der Waals surface area contributed by atoms with Gasteiger partial charge < -0.3 is 9.67 Å². The molecule has 1 aliphatic carbocycles. The Morgan fingerprint density at radius 3 is 2.41 bits per heavy atom. The zero-order valence-electron chi connectivity index (χ0n) is 14.4. The van der Waals surface area contributed by atoms with E-state index >= 15 is 0 Å². The van der Waals surface area contributed by atoms with Gasteiger partial charge in [-0.05, 0) is 37.1 Å². The Kier molecular flexibility index (Phi) is 4.38. The maximum absolute atomic E-state index is 14.0. The van der Waals surface area contributed by atoms with Gasteiger partial charge in [-0.15, -0.1) is 0 Å². The lowest BCUT2D eigenvalue weighted by Gasteiger charge is -2.32. The van der Waals surface area contributed by atoms with Crippen LogP contribution in [-0.2, 0) is 10.3 Å². The van der Waals surface area contributed by atoms with E-state index in [0.29, 0.717) is 40.3 Å². The summed E-state index contributed by atoms with van der Waals surface area (Å²) >= 11 is 5.98. The molecule has 1 N–H and O–H groups in total. The summed E-state index contributed by atoms with van der Waals surface area (Å²) in [6, 6.07) is 9.13. The molecule has 1 fully saturated rings. The molecule has 2 aromatic carbocycles. The number of benzene rings is 2. The second-order valence-corrected chi connectivity index (χ2v) is 7.47. The number of carbonyl (C=O) groups is 1. The van der Waals surface area contributed by atoms with Crippen molar-refractivity contribution in [3.05, 3.63) is 53.1 Å². The number of hydrogen-bond donors (Lipinski definition) is 1. The molecule has 0 unspecified atom stereocenters. The minimum Gasteiger partial charge on any atom is -0.481 e. The second-order valence-electron chi connectivity index (χ2n) is 7.03. The third-order valence-corrected chi connectivity index (χ3v) is 5.54. The molecule has 7 heteroatoms. The molecule has 140 valence electrons. The largest absolute Gasteiger partial charge is 0.481 e. The fourth-order valence-corrected chi connectivity index (χ4v) is 4.27. The highest BCUT2D eigenvalue weighted by Gasteiger charge is 2.40. The lowest BCUT2D eigenvalue weighted by molar-refractivity contribution is -0.139. The Hall–Kier alpha value is -2.47. The molecule has 4 nitrogen and oxygen atoms in total. The summed E-state index contributed by atoms with van der Waals surface area (Å²) in [6.07, 6.45) is 2.93. The van der Waals surface area contributed by atoms with Crippen LogP contribution in [0.1, 0.15) is 32.1 Å². The van der Waals surface area contributed by atoms with Crippen LogP contribution in [0.5, 0.6) is 0 Å². The van der Waals surface area contributed by atoms with Crippen LogP contribution < -0.4 is 0 Å². The van der Waals surface area contributed by atoms with Crippen molar-refractivity contribution < 1.29 is 18.7 Å². The molecule has 0 atom stereocenters. The number of imidazole rings is 1. The van der Waals surface area contributed by atoms with Gasteiger partial charge in [-0.3, -0.25) is 4.79 Å². The van der Waals surface area contributed by atoms with Gasteiger partial charge in [0.15, 0.2) is 11.6 Å². The topological polar surface area (TPSA) is 55.1 Å². The van der Waals surface area contributed by atoms with Crippen molar-refractivity contribution in [2.45, 2.75) is 37.6 Å². The zero-order chi connectivity index (χ0) is 19.2. The Labute approximate surface area is 159 Å². The van der Waals surface area contributed by atoms with E-state index < -0.39 is 23.1 Å². The quantitative estimate of drug-likeness (QED) is 0.650. The predicted molar refractivity (Wildman–Crippen MR) is 98.8 cm³/mol. The summed E-state index contributed by atoms with van der Waals surface area (Å²) in [6.45, 7) is 0. The number of fused-ring (bicyclic) bond motifs is 1. The molecule has 1 aromatic heterocycles. The molecular formula is C20H17ClF2N2O2. The van der Waals surface area contributed by atoms with Crippen LogP contribution in [0, 0.1) is 11.6 Å². The molecule has 0 radical (unpaired) electrons. The van der Waals surface area contributed by atoms with E-state index in [9.17, 15) is 18.7 Å². The number of aromatic nitrogens is 2. The molecular weight excluding hydrogens is 374 g/mol. The monoisotopic (exact) mass is 390 g/mol. The number of carboxylic acids is 1. The molecule has 4 rings (SSSR count). The summed E-state index contributed by atoms with van der Waals surface area (Å²) in [5.41, 5.74) is 0.699. The Morgan fingerprint density at radius 1 is 1.15 bits per heavy atom. The van der Waals surface area contributed by atoms with Gasteiger partial charge in [0.25, 0.3) is 0 Å². The summed E-state index contributed by atoms with van der Waals surface area (Å²) in [5.74, 6) is -2.39. The fraction of sp³-hybridized carbons (Fsp3) is 0.300. The second kappa shape index (κ2) is 6.60. The van der Waals surface area contributed by atoms with Gasteiger partial charge in [0, 0.05) is 22.7 Å². The third kappa shape index (κ3) is 3.08. The number of carboxylic acid groups (broad SMARTS) is 1. The fourth-order valence-electron chi connectivity index (χ4n) is 4.14. The number of aliphatic carboxylic acids is 1. The van der Waals surface area contributed by atoms with Gasteiger partial charge in [-0.2, -0.15) is 0 Å². The number of rotatable bonds is 4. The van der Waals surface area contributed by atoms with Crippen molar-refractivity contribution in [1.82, 2.24) is 9.55 Å². The van der Waals surface area contributed by atoms with Crippen LogP contribution in [0.15, 0.2) is 36.4 Å². The minimum atomic E-state index is -0.978. The molecule has 0 spiro atoms. The first-order valence-electron chi connectivity index (χ1n) is 8.75. The van der Waals surface area contributed by atoms with Crippen LogP contribution >= 0.6 is 11.6 Å². The van der Waals surface area contributed by atoms with Gasteiger partial charge in [0.2, 0.25) is 0 Å². The Balaban J connectivity index is 2.03. The van der Waals surface area contributed by atoms with Crippen molar-refractivity contribution in [2.75, 3.05) is 0 Å². The number of nitrogens with zero attached hydrogens (tertiary/aromatic N) is 2. The van der Waals surface area contributed by atoms with Crippen molar-refractivity contribution in [1.29, 1.82) is 0 Å². The maximum Gasteiger partial charge on any atom is 0.305 e. The molecule has 3 aromatic rings. The minimum absolute atomic E-state index is 0.0992. The molecule has 0 aliphatic heterocycles. The summed E-state index contributed by atoms with van der Waals surface area (Å²) < 4.78 is 29.6. The third-order valence-electron chi connectivity index (χ3n) is 5.29. The van der Waals surface area contributed by atoms with E-state index in [-0.39, 0.29) is 6.42 Å². The summed E-state index contributed by atoms with van der Waals surface area (Å²) in [5, 5.41) is 10.1. The van der Waals surface area contributed by atoms with Crippen molar-refractivity contribution in [2.24, 2.45) is 0 Å². The van der Waals surface area contributed by atoms with Crippen molar-refractivity contribution in [3.63, 3.8) is 0 Å². The summed E-state index contributed by atoms with van der Waals surface area (Å²) in [7, 11) is 0. The average Bonchev–Trinajstić information content (AvgIpc) is 3.21. The van der Waals surface area contributed by atoms with Gasteiger partial charge in [0.05, 0.1) is 23.0 Å². The van der Waals surface area contributed by atoms with E-state index in [1.807, 2.05) is 0 Å². The number of halogens is 3. The van der Waals surface area contributed by atoms with Gasteiger partial charge >= 0.3 is 5.97 Å². The first-order chi connectivity index (χ1) is 12.9. The maximum atomic E-state index is 14.0. The zero-order valence-corrected chi connectivity index (χ0v) is 15.1. The highest BCUT2D eigenvalue weighted by atomic mass is 35.5. The molecule has 0 amide bonds. The highest BCUT2D eigenvalue weighted by molar-refractivity contribution is 6.30. The standard InChI is InChI=1S/C20H17ClF2N2O2/c21-13-5-3-12(4-6-13)19-24-16-9-14(22)15(23)10-17(16)25(19)20(11-18(26)27)7-1-2-8-20/h3-6,9-10H,1-2,7-8,11H2,(H,26,27). The first-order valence-corrected chi connectivity index (χ1v) is 9.13. The van der Waals surface area contributed by atoms with Crippen molar-refractivity contribution >= 4 is 28.6 Å². The Bertz CT molecular complexity index is 1020. The normalized spacial score (nSPS) is 16.1. The van der Waals surface area contributed by atoms with E-state index in [4.69, 9.17) is 11.6 Å². The molecule has 0 saturated heterocycles. The predicted octanol–water partition coefficient (Wildman–Crippen LogP) is 5.38. The average molecular weight is 391 g/mol. The number of hydrogen-bond acceptors (Lipinski definition) is 2. The van der Waals surface area contributed by atoms with E-state index in [2.05, 4.69) is 4.98 Å². The smallest absolute Gasteiger partial charge is 0.305 e. The van der Waals surface area contributed by atoms with Crippen LogP contribution in [-0.4, -0.2) is 20.6 Å². The van der Waals surface area contributed by atoms with Crippen LogP contribution in [0.3, 0.4) is 0 Å². The van der Waals surface area contributed by atoms with E-state index in [0.717, 1.165) is 25.0 Å². The van der Waals surface area contributed by atoms with Gasteiger partial charge in [-0.1, -0.05) is 24.4 Å². The van der Waals surface area contributed by atoms with Gasteiger partial charge in [0.1, 0.15) is 5.82 Å². The highest BCUT2D eigenvalue weighted by Crippen LogP contribution is 2.44. The lowest BCUT2D eigenvalue weighted by atomic mass is 9.91. The van der Waals surface area contributed by atoms with Crippen LogP contribution in [0.4, 0.5) is 8.78 Å². The molecule has 1 saturated carbocycles. The molecule has 1 heterocycles. The molecule has 0 bridgehead atoms. The van der Waals surface area contributed by atoms with E-state index in [1.54, 1.807) is 28.8 Å². The Morgan fingerprint density at radius 2 is 1.78 bits per heavy atom. The van der Waals surface area contributed by atoms with Crippen LogP contribution in [0.25, 0.3) is 22.4 Å². The molecule has 27 heavy (non-hydrogen) atoms. The lowest BCUT2D eigenvalue weighted by Crippen LogP contribution is -2.33. The molecule has 1 aliphatic rings. The van der Waals surface area contributed by atoms with E-state index in [1.165, 1.54) is 0 Å².